The van der Waals surface area contributed by atoms with E-state index in [1.54, 1.807) is 0 Å². The lowest BCUT2D eigenvalue weighted by Crippen LogP contribution is -2.00. The fourth-order valence-electron chi connectivity index (χ4n) is 2.48. The number of aromatic nitrogens is 3. The molecule has 4 rings (SSSR count). The summed E-state index contributed by atoms with van der Waals surface area (Å²) in [5.41, 5.74) is 2.47. The van der Waals surface area contributed by atoms with Crippen LogP contribution in [0.4, 0.5) is 0 Å². The Bertz CT molecular complexity index is 1020. The molecule has 0 fully saturated rings. The molecule has 0 radical (unpaired) electrons. The Balaban J connectivity index is 1.86. The normalized spacial score (nSPS) is 11.1. The van der Waals surface area contributed by atoms with Gasteiger partial charge in [0, 0.05) is 24.0 Å². The van der Waals surface area contributed by atoms with E-state index in [9.17, 15) is 4.79 Å². The van der Waals surface area contributed by atoms with Crippen molar-refractivity contribution in [2.45, 2.75) is 0 Å². The van der Waals surface area contributed by atoms with Crippen LogP contribution in [0.2, 0.25) is 0 Å². The molecule has 0 aliphatic rings. The van der Waals surface area contributed by atoms with E-state index in [0.29, 0.717) is 5.65 Å². The Morgan fingerprint density at radius 2 is 1.86 bits per heavy atom. The van der Waals surface area contributed by atoms with E-state index in [1.807, 2.05) is 30.3 Å². The molecule has 2 aromatic heterocycles. The summed E-state index contributed by atoms with van der Waals surface area (Å²) >= 11 is 0. The second-order valence-electron chi connectivity index (χ2n) is 5.04. The maximum absolute atomic E-state index is 11.0. The van der Waals surface area contributed by atoms with Gasteiger partial charge in [0.05, 0.1) is 11.3 Å². The Morgan fingerprint density at radius 3 is 2.68 bits per heavy atom. The number of carbonyl (C=O) groups is 1. The van der Waals surface area contributed by atoms with Crippen molar-refractivity contribution in [3.05, 3.63) is 66.5 Å². The second-order valence-corrected chi connectivity index (χ2v) is 5.04. The predicted octanol–water partition coefficient (Wildman–Crippen LogP) is 3.25. The van der Waals surface area contributed by atoms with Crippen molar-refractivity contribution in [2.75, 3.05) is 0 Å². The van der Waals surface area contributed by atoms with Crippen molar-refractivity contribution < 1.29 is 9.90 Å². The number of fused-ring (bicyclic) bond motifs is 2. The van der Waals surface area contributed by atoms with E-state index >= 15 is 0 Å². The first-order valence-corrected chi connectivity index (χ1v) is 6.79. The molecular formula is C17H11N3O2. The smallest absolute Gasteiger partial charge is 0.338 e. The highest BCUT2D eigenvalue weighted by molar-refractivity contribution is 5.88. The third-order valence-corrected chi connectivity index (χ3v) is 3.61. The van der Waals surface area contributed by atoms with E-state index in [2.05, 4.69) is 28.3 Å². The summed E-state index contributed by atoms with van der Waals surface area (Å²) in [6.07, 6.45) is 2.80. The largest absolute Gasteiger partial charge is 0.478 e. The number of carboxylic acids is 1. The number of hydrogen-bond donors (Lipinski definition) is 1. The molecule has 2 heterocycles. The van der Waals surface area contributed by atoms with Crippen LogP contribution in [0, 0.1) is 0 Å². The topological polar surface area (TPSA) is 67.5 Å². The molecule has 2 aromatic carbocycles. The summed E-state index contributed by atoms with van der Waals surface area (Å²) in [5, 5.41) is 15.7. The van der Waals surface area contributed by atoms with Crippen LogP contribution in [0.15, 0.2) is 60.9 Å². The molecule has 5 heteroatoms. The predicted molar refractivity (Wildman–Crippen MR) is 82.9 cm³/mol. The minimum atomic E-state index is -1.02. The monoisotopic (exact) mass is 289 g/mol. The quantitative estimate of drug-likeness (QED) is 0.615. The number of rotatable bonds is 2. The molecule has 0 saturated carbocycles. The lowest BCUT2D eigenvalue weighted by molar-refractivity contribution is 0.0695. The van der Waals surface area contributed by atoms with Crippen LogP contribution in [0.3, 0.4) is 0 Å². The Hall–Kier alpha value is -3.21. The van der Waals surface area contributed by atoms with Crippen molar-refractivity contribution in [3.63, 3.8) is 0 Å². The van der Waals surface area contributed by atoms with Crippen LogP contribution in [-0.4, -0.2) is 25.7 Å². The first kappa shape index (κ1) is 12.5. The van der Waals surface area contributed by atoms with Crippen LogP contribution in [0.1, 0.15) is 10.4 Å². The van der Waals surface area contributed by atoms with E-state index in [1.165, 1.54) is 22.3 Å². The van der Waals surface area contributed by atoms with Gasteiger partial charge in [-0.3, -0.25) is 0 Å². The standard InChI is InChI=1S/C17H11N3O2/c21-17(22)14-9-18-16-8-15(19-20(16)10-14)13-6-5-11-3-1-2-4-12(11)7-13/h1-10H,(H,21,22). The molecule has 106 valence electrons. The van der Waals surface area contributed by atoms with Gasteiger partial charge in [-0.05, 0) is 16.8 Å². The number of aromatic carboxylic acids is 1. The number of carboxylic acid groups (broad SMARTS) is 1. The molecule has 5 nitrogen and oxygen atoms in total. The fourth-order valence-corrected chi connectivity index (χ4v) is 2.48. The van der Waals surface area contributed by atoms with Gasteiger partial charge in [0.15, 0.2) is 5.65 Å². The van der Waals surface area contributed by atoms with Crippen molar-refractivity contribution in [3.8, 4) is 11.3 Å². The zero-order valence-corrected chi connectivity index (χ0v) is 11.5. The molecule has 1 N–H and O–H groups in total. The second kappa shape index (κ2) is 4.66. The van der Waals surface area contributed by atoms with Gasteiger partial charge in [-0.1, -0.05) is 36.4 Å². The minimum Gasteiger partial charge on any atom is -0.478 e. The molecule has 0 unspecified atom stereocenters. The molecule has 22 heavy (non-hydrogen) atoms. The van der Waals surface area contributed by atoms with E-state index < -0.39 is 5.97 Å². The molecule has 0 amide bonds. The lowest BCUT2D eigenvalue weighted by atomic mass is 10.1. The highest BCUT2D eigenvalue weighted by Gasteiger charge is 2.09. The van der Waals surface area contributed by atoms with Crippen LogP contribution in [-0.2, 0) is 0 Å². The molecule has 0 atom stereocenters. The van der Waals surface area contributed by atoms with Gasteiger partial charge in [-0.2, -0.15) is 5.10 Å². The number of nitrogens with zero attached hydrogens (tertiary/aromatic N) is 3. The van der Waals surface area contributed by atoms with E-state index in [4.69, 9.17) is 5.11 Å². The third kappa shape index (κ3) is 2.00. The van der Waals surface area contributed by atoms with E-state index in [-0.39, 0.29) is 5.56 Å². The lowest BCUT2D eigenvalue weighted by Gasteiger charge is -2.00. The molecule has 0 saturated heterocycles. The van der Waals surface area contributed by atoms with Crippen molar-refractivity contribution >= 4 is 22.4 Å². The minimum absolute atomic E-state index is 0.112. The van der Waals surface area contributed by atoms with Crippen molar-refractivity contribution in [1.82, 2.24) is 14.6 Å². The number of benzene rings is 2. The number of hydrogen-bond acceptors (Lipinski definition) is 3. The molecule has 0 aliphatic heterocycles. The SMILES string of the molecule is O=C(O)c1cnc2cc(-c3ccc4ccccc4c3)nn2c1. The third-order valence-electron chi connectivity index (χ3n) is 3.61. The summed E-state index contributed by atoms with van der Waals surface area (Å²) in [6, 6.07) is 16.1. The fraction of sp³-hybridized carbons (Fsp3) is 0. The molecule has 0 spiro atoms. The molecular weight excluding hydrogens is 278 g/mol. The van der Waals surface area contributed by atoms with Gasteiger partial charge in [0.25, 0.3) is 0 Å². The highest BCUT2D eigenvalue weighted by Crippen LogP contribution is 2.24. The van der Waals surface area contributed by atoms with Crippen molar-refractivity contribution in [2.24, 2.45) is 0 Å². The highest BCUT2D eigenvalue weighted by atomic mass is 16.4. The molecule has 0 bridgehead atoms. The Labute approximate surface area is 125 Å². The summed E-state index contributed by atoms with van der Waals surface area (Å²) < 4.78 is 1.49. The van der Waals surface area contributed by atoms with Crippen LogP contribution >= 0.6 is 0 Å². The maximum atomic E-state index is 11.0. The first-order chi connectivity index (χ1) is 10.7. The Morgan fingerprint density at radius 1 is 1.05 bits per heavy atom. The summed E-state index contributed by atoms with van der Waals surface area (Å²) in [4.78, 5) is 15.1. The summed E-state index contributed by atoms with van der Waals surface area (Å²) in [6.45, 7) is 0. The van der Waals surface area contributed by atoms with E-state index in [0.717, 1.165) is 16.6 Å². The van der Waals surface area contributed by atoms with Gasteiger partial charge in [-0.15, -0.1) is 0 Å². The Kier molecular flexibility index (Phi) is 2.66. The van der Waals surface area contributed by atoms with Gasteiger partial charge >= 0.3 is 5.97 Å². The van der Waals surface area contributed by atoms with Gasteiger partial charge in [0.2, 0.25) is 0 Å². The van der Waals surface area contributed by atoms with Gasteiger partial charge in [-0.25, -0.2) is 14.3 Å². The summed E-state index contributed by atoms with van der Waals surface area (Å²) in [7, 11) is 0. The average molecular weight is 289 g/mol. The van der Waals surface area contributed by atoms with Crippen LogP contribution in [0.5, 0.6) is 0 Å². The van der Waals surface area contributed by atoms with Crippen molar-refractivity contribution in [1.29, 1.82) is 0 Å². The first-order valence-electron chi connectivity index (χ1n) is 6.79. The molecule has 4 aromatic rings. The summed E-state index contributed by atoms with van der Waals surface area (Å²) in [5.74, 6) is -1.02. The van der Waals surface area contributed by atoms with Gasteiger partial charge in [0.1, 0.15) is 0 Å². The average Bonchev–Trinajstić information content (AvgIpc) is 2.97. The molecule has 0 aliphatic carbocycles. The zero-order valence-electron chi connectivity index (χ0n) is 11.5. The zero-order chi connectivity index (χ0) is 15.1. The maximum Gasteiger partial charge on any atom is 0.338 e. The van der Waals surface area contributed by atoms with Crippen LogP contribution < -0.4 is 0 Å². The van der Waals surface area contributed by atoms with Gasteiger partial charge < -0.3 is 5.11 Å². The van der Waals surface area contributed by atoms with Crippen LogP contribution in [0.25, 0.3) is 27.7 Å².